The van der Waals surface area contributed by atoms with Crippen LogP contribution in [0.15, 0.2) is 64.1 Å². The Hall–Kier alpha value is -2.13. The molecule has 0 saturated heterocycles. The smallest absolute Gasteiger partial charge is 0.228 e. The summed E-state index contributed by atoms with van der Waals surface area (Å²) in [5.41, 5.74) is 2.19. The molecule has 0 aliphatic heterocycles. The molecule has 1 heterocycles. The van der Waals surface area contributed by atoms with Crippen LogP contribution in [0.2, 0.25) is 5.02 Å². The third-order valence-electron chi connectivity index (χ3n) is 4.18. The third kappa shape index (κ3) is 7.66. The molecule has 2 aromatic carbocycles. The number of aliphatic imine (C=N–C) groups is 1. The summed E-state index contributed by atoms with van der Waals surface area (Å²) in [6, 6.07) is 17.9. The number of halogens is 2. The van der Waals surface area contributed by atoms with Gasteiger partial charge in [-0.1, -0.05) is 59.2 Å². The van der Waals surface area contributed by atoms with Gasteiger partial charge >= 0.3 is 0 Å². The normalized spacial score (nSPS) is 11.0. The second-order valence-corrected chi connectivity index (χ2v) is 6.72. The topological polar surface area (TPSA) is 75.3 Å². The highest BCUT2D eigenvalue weighted by atomic mass is 127. The Bertz CT molecular complexity index is 901. The molecule has 0 bridgehead atoms. The molecule has 0 aliphatic rings. The van der Waals surface area contributed by atoms with Gasteiger partial charge in [-0.15, -0.1) is 24.0 Å². The van der Waals surface area contributed by atoms with Crippen molar-refractivity contribution >= 4 is 41.5 Å². The van der Waals surface area contributed by atoms with E-state index in [9.17, 15) is 0 Å². The van der Waals surface area contributed by atoms with E-state index >= 15 is 0 Å². The van der Waals surface area contributed by atoms with Crippen molar-refractivity contribution in [3.63, 3.8) is 0 Å². The third-order valence-corrected chi connectivity index (χ3v) is 4.42. The standard InChI is InChI=1S/C21H24ClN5O.HI/c1-23-21(24-13-6-9-16-7-3-2-4-8-16)25-14-12-19-26-20(27-28-19)17-10-5-11-18(22)15-17;/h2-5,7-8,10-11,15H,6,9,12-14H2,1H3,(H2,23,24,25);1H. The first-order valence-corrected chi connectivity index (χ1v) is 9.69. The van der Waals surface area contributed by atoms with Crippen LogP contribution >= 0.6 is 35.6 Å². The van der Waals surface area contributed by atoms with Gasteiger partial charge in [0.1, 0.15) is 0 Å². The maximum Gasteiger partial charge on any atom is 0.228 e. The fourth-order valence-corrected chi connectivity index (χ4v) is 2.94. The zero-order chi connectivity index (χ0) is 19.6. The average molecular weight is 526 g/mol. The minimum absolute atomic E-state index is 0. The number of hydrogen-bond acceptors (Lipinski definition) is 4. The van der Waals surface area contributed by atoms with Crippen molar-refractivity contribution in [1.82, 2.24) is 20.8 Å². The van der Waals surface area contributed by atoms with Gasteiger partial charge in [0, 0.05) is 37.1 Å². The second-order valence-electron chi connectivity index (χ2n) is 6.29. The van der Waals surface area contributed by atoms with Crippen LogP contribution in [0.5, 0.6) is 0 Å². The summed E-state index contributed by atoms with van der Waals surface area (Å²) >= 11 is 6.01. The molecule has 1 aromatic heterocycles. The Morgan fingerprint density at radius 1 is 1.03 bits per heavy atom. The molecule has 0 aliphatic carbocycles. The highest BCUT2D eigenvalue weighted by Gasteiger charge is 2.09. The zero-order valence-electron chi connectivity index (χ0n) is 16.3. The molecular weight excluding hydrogens is 501 g/mol. The highest BCUT2D eigenvalue weighted by Crippen LogP contribution is 2.19. The summed E-state index contributed by atoms with van der Waals surface area (Å²) in [7, 11) is 1.76. The molecule has 0 fully saturated rings. The molecule has 0 atom stereocenters. The number of nitrogens with one attached hydrogen (secondary N) is 2. The van der Waals surface area contributed by atoms with E-state index in [1.165, 1.54) is 5.56 Å². The van der Waals surface area contributed by atoms with Crippen LogP contribution in [0.3, 0.4) is 0 Å². The van der Waals surface area contributed by atoms with Crippen LogP contribution in [0.4, 0.5) is 0 Å². The van der Waals surface area contributed by atoms with Gasteiger partial charge in [0.2, 0.25) is 11.7 Å². The Morgan fingerprint density at radius 3 is 2.59 bits per heavy atom. The molecule has 154 valence electrons. The SMILES string of the molecule is CN=C(NCCCc1ccccc1)NCCc1nc(-c2cccc(Cl)c2)no1.I. The van der Waals surface area contributed by atoms with E-state index in [2.05, 4.69) is 50.0 Å². The molecule has 0 spiro atoms. The predicted molar refractivity (Wildman–Crippen MR) is 128 cm³/mol. The van der Waals surface area contributed by atoms with Gasteiger partial charge in [0.25, 0.3) is 0 Å². The largest absolute Gasteiger partial charge is 0.356 e. The van der Waals surface area contributed by atoms with Gasteiger partial charge in [0.05, 0.1) is 0 Å². The summed E-state index contributed by atoms with van der Waals surface area (Å²) in [6.45, 7) is 1.50. The Labute approximate surface area is 193 Å². The monoisotopic (exact) mass is 525 g/mol. The molecule has 29 heavy (non-hydrogen) atoms. The van der Waals surface area contributed by atoms with E-state index in [4.69, 9.17) is 16.1 Å². The molecular formula is C21H25ClIN5O. The van der Waals surface area contributed by atoms with E-state index in [1.54, 1.807) is 7.05 Å². The van der Waals surface area contributed by atoms with Gasteiger partial charge in [0.15, 0.2) is 5.96 Å². The maximum absolute atomic E-state index is 6.01. The van der Waals surface area contributed by atoms with Crippen LogP contribution in [0, 0.1) is 0 Å². The number of hydrogen-bond donors (Lipinski definition) is 2. The fourth-order valence-electron chi connectivity index (χ4n) is 2.75. The van der Waals surface area contributed by atoms with Crippen LogP contribution in [-0.2, 0) is 12.8 Å². The summed E-state index contributed by atoms with van der Waals surface area (Å²) in [4.78, 5) is 8.66. The highest BCUT2D eigenvalue weighted by molar-refractivity contribution is 14.0. The van der Waals surface area contributed by atoms with Crippen molar-refractivity contribution in [3.05, 3.63) is 71.1 Å². The van der Waals surface area contributed by atoms with Crippen LogP contribution < -0.4 is 10.6 Å². The lowest BCUT2D eigenvalue weighted by Gasteiger charge is -2.11. The summed E-state index contributed by atoms with van der Waals surface area (Å²) < 4.78 is 5.32. The first-order valence-electron chi connectivity index (χ1n) is 9.31. The molecule has 0 saturated carbocycles. The molecule has 0 unspecified atom stereocenters. The number of nitrogens with zero attached hydrogens (tertiary/aromatic N) is 3. The van der Waals surface area contributed by atoms with Crippen molar-refractivity contribution in [3.8, 4) is 11.4 Å². The zero-order valence-corrected chi connectivity index (χ0v) is 19.4. The van der Waals surface area contributed by atoms with Gasteiger partial charge in [-0.05, 0) is 30.5 Å². The van der Waals surface area contributed by atoms with Gasteiger partial charge in [-0.2, -0.15) is 4.98 Å². The molecule has 3 aromatic rings. The van der Waals surface area contributed by atoms with Gasteiger partial charge in [-0.3, -0.25) is 4.99 Å². The number of rotatable bonds is 8. The Morgan fingerprint density at radius 2 is 1.83 bits per heavy atom. The van der Waals surface area contributed by atoms with Crippen molar-refractivity contribution in [1.29, 1.82) is 0 Å². The minimum Gasteiger partial charge on any atom is -0.356 e. The molecule has 0 amide bonds. The van der Waals surface area contributed by atoms with Crippen LogP contribution in [0.25, 0.3) is 11.4 Å². The minimum atomic E-state index is 0. The van der Waals surface area contributed by atoms with E-state index in [1.807, 2.05) is 30.3 Å². The Kier molecular flexibility index (Phi) is 9.93. The van der Waals surface area contributed by atoms with Gasteiger partial charge < -0.3 is 15.2 Å². The summed E-state index contributed by atoms with van der Waals surface area (Å²) in [5.74, 6) is 1.88. The van der Waals surface area contributed by atoms with E-state index in [-0.39, 0.29) is 24.0 Å². The number of benzene rings is 2. The van der Waals surface area contributed by atoms with E-state index in [0.717, 1.165) is 30.9 Å². The molecule has 8 heteroatoms. The van der Waals surface area contributed by atoms with Crippen molar-refractivity contribution in [2.45, 2.75) is 19.3 Å². The Balaban J connectivity index is 0.00000300. The fraction of sp³-hybridized carbons (Fsp3) is 0.286. The molecule has 2 N–H and O–H groups in total. The number of guanidine groups is 1. The lowest BCUT2D eigenvalue weighted by atomic mass is 10.1. The average Bonchev–Trinajstić information content (AvgIpc) is 3.19. The van der Waals surface area contributed by atoms with Crippen LogP contribution in [0.1, 0.15) is 17.9 Å². The number of aromatic nitrogens is 2. The van der Waals surface area contributed by atoms with E-state index < -0.39 is 0 Å². The van der Waals surface area contributed by atoms with Crippen molar-refractivity contribution in [2.75, 3.05) is 20.1 Å². The number of aryl methyl sites for hydroxylation is 1. The summed E-state index contributed by atoms with van der Waals surface area (Å²) in [6.07, 6.45) is 2.69. The lowest BCUT2D eigenvalue weighted by Crippen LogP contribution is -2.38. The predicted octanol–water partition coefficient (Wildman–Crippen LogP) is 4.35. The molecule has 6 nitrogen and oxygen atoms in total. The first-order chi connectivity index (χ1) is 13.7. The van der Waals surface area contributed by atoms with Crippen LogP contribution in [-0.4, -0.2) is 36.2 Å². The second kappa shape index (κ2) is 12.4. The molecule has 3 rings (SSSR count). The lowest BCUT2D eigenvalue weighted by molar-refractivity contribution is 0.378. The van der Waals surface area contributed by atoms with E-state index in [0.29, 0.717) is 29.7 Å². The first kappa shape index (κ1) is 23.2. The summed E-state index contributed by atoms with van der Waals surface area (Å²) in [5, 5.41) is 11.2. The maximum atomic E-state index is 6.01. The van der Waals surface area contributed by atoms with Crippen molar-refractivity contribution < 1.29 is 4.52 Å². The van der Waals surface area contributed by atoms with Crippen molar-refractivity contribution in [2.24, 2.45) is 4.99 Å². The molecule has 0 radical (unpaired) electrons. The quantitative estimate of drug-likeness (QED) is 0.198. The van der Waals surface area contributed by atoms with Gasteiger partial charge in [-0.25, -0.2) is 0 Å².